The molecule has 8 heteroatoms. The first-order valence-corrected chi connectivity index (χ1v) is 6.41. The van der Waals surface area contributed by atoms with Gasteiger partial charge in [0.05, 0.1) is 19.3 Å². The summed E-state index contributed by atoms with van der Waals surface area (Å²) in [6.07, 6.45) is -1.53. The monoisotopic (exact) mass is 254 g/mol. The van der Waals surface area contributed by atoms with Gasteiger partial charge in [-0.15, -0.1) is 0 Å². The van der Waals surface area contributed by atoms with Crippen LogP contribution in [-0.2, 0) is 23.1 Å². The van der Waals surface area contributed by atoms with Crippen LogP contribution in [0.4, 0.5) is 0 Å². The van der Waals surface area contributed by atoms with Crippen LogP contribution in [0.25, 0.3) is 0 Å². The number of hydrogen-bond donors (Lipinski definition) is 2. The summed E-state index contributed by atoms with van der Waals surface area (Å²) in [5.74, 6) is 0. The molecule has 16 heavy (non-hydrogen) atoms. The number of phosphoric ester groups is 1. The van der Waals surface area contributed by atoms with Crippen molar-refractivity contribution in [3.05, 3.63) is 0 Å². The van der Waals surface area contributed by atoms with Gasteiger partial charge < -0.3 is 19.5 Å². The van der Waals surface area contributed by atoms with E-state index in [2.05, 4.69) is 4.52 Å². The molecule has 0 radical (unpaired) electrons. The van der Waals surface area contributed by atoms with Crippen molar-refractivity contribution in [3.63, 3.8) is 0 Å². The van der Waals surface area contributed by atoms with Crippen LogP contribution in [0.2, 0.25) is 0 Å². The maximum atomic E-state index is 11.3. The van der Waals surface area contributed by atoms with Gasteiger partial charge in [0.1, 0.15) is 17.8 Å². The summed E-state index contributed by atoms with van der Waals surface area (Å²) in [4.78, 5) is 9.26. The van der Waals surface area contributed by atoms with Gasteiger partial charge in [0.25, 0.3) is 0 Å². The zero-order valence-electron chi connectivity index (χ0n) is 9.03. The predicted molar refractivity (Wildman–Crippen MR) is 51.8 cm³/mol. The molecule has 0 aliphatic carbocycles. The summed E-state index contributed by atoms with van der Waals surface area (Å²) >= 11 is 0. The highest BCUT2D eigenvalue weighted by atomic mass is 31.2. The zero-order chi connectivity index (χ0) is 12.0. The summed E-state index contributed by atoms with van der Waals surface area (Å²) in [5, 5.41) is 9.30. The van der Waals surface area contributed by atoms with E-state index in [9.17, 15) is 14.6 Å². The lowest BCUT2D eigenvalue weighted by Crippen LogP contribution is -2.45. The number of ether oxygens (including phenoxy) is 2. The van der Waals surface area contributed by atoms with Gasteiger partial charge in [0.15, 0.2) is 0 Å². The van der Waals surface area contributed by atoms with E-state index in [1.807, 2.05) is 0 Å². The molecule has 2 rings (SSSR count). The van der Waals surface area contributed by atoms with Crippen molar-refractivity contribution in [1.82, 2.24) is 0 Å². The molecule has 2 aliphatic rings. The molecule has 2 unspecified atom stereocenters. The standard InChI is InChI=1S/C8H15O7P/c1-5-6-7(15-16(10,11)12-2)8(3-9,14-5)4-13-6/h5-7,9H,3-4H2,1-2H3,(H,10,11)/t5-,6+,7?,8+/m0/s1. The van der Waals surface area contributed by atoms with E-state index in [-0.39, 0.29) is 19.3 Å². The topological polar surface area (TPSA) is 94.5 Å². The minimum absolute atomic E-state index is 0.146. The van der Waals surface area contributed by atoms with E-state index in [1.54, 1.807) is 6.92 Å². The van der Waals surface area contributed by atoms with E-state index >= 15 is 0 Å². The summed E-state index contributed by atoms with van der Waals surface area (Å²) in [5.41, 5.74) is -1.05. The Bertz CT molecular complexity index is 322. The van der Waals surface area contributed by atoms with Gasteiger partial charge in [0, 0.05) is 7.11 Å². The quantitative estimate of drug-likeness (QED) is 0.663. The average Bonchev–Trinajstić information content (AvgIpc) is 2.70. The Morgan fingerprint density at radius 3 is 2.81 bits per heavy atom. The molecule has 2 aliphatic heterocycles. The Kier molecular flexibility index (Phi) is 3.13. The maximum Gasteiger partial charge on any atom is 0.472 e. The first-order valence-electron chi connectivity index (χ1n) is 4.91. The van der Waals surface area contributed by atoms with Gasteiger partial charge in [0.2, 0.25) is 0 Å². The van der Waals surface area contributed by atoms with Crippen LogP contribution >= 0.6 is 7.82 Å². The third kappa shape index (κ3) is 1.82. The molecular formula is C8H15O7P. The minimum Gasteiger partial charge on any atom is -0.393 e. The molecule has 2 heterocycles. The third-order valence-corrected chi connectivity index (χ3v) is 3.92. The Labute approximate surface area is 92.9 Å². The number of aliphatic hydroxyl groups excluding tert-OH is 1. The van der Waals surface area contributed by atoms with Crippen LogP contribution in [-0.4, -0.2) is 54.2 Å². The van der Waals surface area contributed by atoms with Crippen LogP contribution in [0.1, 0.15) is 6.92 Å². The van der Waals surface area contributed by atoms with Gasteiger partial charge in [-0.3, -0.25) is 9.05 Å². The molecular weight excluding hydrogens is 239 g/mol. The van der Waals surface area contributed by atoms with Crippen molar-refractivity contribution in [1.29, 1.82) is 0 Å². The molecule has 2 N–H and O–H groups in total. The Balaban J connectivity index is 2.18. The van der Waals surface area contributed by atoms with Crippen molar-refractivity contribution < 1.29 is 33.1 Å². The average molecular weight is 254 g/mol. The highest BCUT2D eigenvalue weighted by Crippen LogP contribution is 2.51. The Hall–Kier alpha value is -0.0100. The normalized spacial score (nSPS) is 45.9. The molecule has 0 saturated carbocycles. The molecule has 7 nitrogen and oxygen atoms in total. The van der Waals surface area contributed by atoms with Crippen LogP contribution in [0, 0.1) is 0 Å². The highest BCUT2D eigenvalue weighted by molar-refractivity contribution is 7.47. The summed E-state index contributed by atoms with van der Waals surface area (Å²) in [6, 6.07) is 0. The molecule has 5 atom stereocenters. The molecule has 94 valence electrons. The van der Waals surface area contributed by atoms with Crippen molar-refractivity contribution in [2.75, 3.05) is 20.3 Å². The Morgan fingerprint density at radius 1 is 1.62 bits per heavy atom. The first kappa shape index (κ1) is 12.4. The van der Waals surface area contributed by atoms with Crippen molar-refractivity contribution in [3.8, 4) is 0 Å². The number of phosphoric acid groups is 1. The van der Waals surface area contributed by atoms with Gasteiger partial charge in [-0.05, 0) is 6.92 Å². The van der Waals surface area contributed by atoms with E-state index in [4.69, 9.17) is 14.0 Å². The lowest BCUT2D eigenvalue weighted by Gasteiger charge is -2.28. The first-order chi connectivity index (χ1) is 7.44. The number of rotatable bonds is 4. The van der Waals surface area contributed by atoms with Gasteiger partial charge >= 0.3 is 7.82 Å². The van der Waals surface area contributed by atoms with E-state index in [0.717, 1.165) is 7.11 Å². The van der Waals surface area contributed by atoms with E-state index in [0.29, 0.717) is 0 Å². The van der Waals surface area contributed by atoms with Gasteiger partial charge in [-0.1, -0.05) is 0 Å². The summed E-state index contributed by atoms with van der Waals surface area (Å²) in [7, 11) is -3.03. The number of hydrogen-bond acceptors (Lipinski definition) is 6. The molecule has 0 aromatic carbocycles. The lowest BCUT2D eigenvalue weighted by atomic mass is 10.0. The van der Waals surface area contributed by atoms with Crippen molar-refractivity contribution in [2.45, 2.75) is 30.8 Å². The second-order valence-corrected chi connectivity index (χ2v) is 5.51. The fourth-order valence-corrected chi connectivity index (χ4v) is 2.83. The highest BCUT2D eigenvalue weighted by Gasteiger charge is 2.62. The predicted octanol–water partition coefficient (Wildman–Crippen LogP) is -0.333. The summed E-state index contributed by atoms with van der Waals surface area (Å²) < 4.78 is 31.5. The maximum absolute atomic E-state index is 11.3. The lowest BCUT2D eigenvalue weighted by molar-refractivity contribution is -0.154. The molecule has 0 aromatic heterocycles. The minimum atomic E-state index is -4.11. The van der Waals surface area contributed by atoms with Crippen molar-refractivity contribution in [2.24, 2.45) is 0 Å². The largest absolute Gasteiger partial charge is 0.472 e. The van der Waals surface area contributed by atoms with Crippen LogP contribution in [0.5, 0.6) is 0 Å². The van der Waals surface area contributed by atoms with Crippen LogP contribution in [0.3, 0.4) is 0 Å². The second-order valence-electron chi connectivity index (χ2n) is 4.00. The molecule has 0 amide bonds. The smallest absolute Gasteiger partial charge is 0.393 e. The van der Waals surface area contributed by atoms with E-state index < -0.39 is 25.6 Å². The van der Waals surface area contributed by atoms with Gasteiger partial charge in [-0.25, -0.2) is 4.57 Å². The number of aliphatic hydroxyl groups is 1. The molecule has 2 bridgehead atoms. The Morgan fingerprint density at radius 2 is 2.31 bits per heavy atom. The van der Waals surface area contributed by atoms with Crippen molar-refractivity contribution >= 4 is 7.82 Å². The zero-order valence-corrected chi connectivity index (χ0v) is 9.92. The SMILES string of the molecule is COP(=O)(O)OC1[C@@H]2OC[C@@]1(CO)O[C@H]2C. The van der Waals surface area contributed by atoms with Crippen LogP contribution in [0.15, 0.2) is 0 Å². The second kappa shape index (κ2) is 4.03. The molecule has 2 saturated heterocycles. The van der Waals surface area contributed by atoms with E-state index in [1.165, 1.54) is 0 Å². The molecule has 0 aromatic rings. The fourth-order valence-electron chi connectivity index (χ4n) is 2.14. The number of fused-ring (bicyclic) bond motifs is 2. The fraction of sp³-hybridized carbons (Fsp3) is 1.00. The van der Waals surface area contributed by atoms with Crippen LogP contribution < -0.4 is 0 Å². The third-order valence-electron chi connectivity index (χ3n) is 2.97. The summed E-state index contributed by atoms with van der Waals surface area (Å²) in [6.45, 7) is 1.57. The molecule has 2 fully saturated rings. The molecule has 0 spiro atoms. The van der Waals surface area contributed by atoms with Gasteiger partial charge in [-0.2, -0.15) is 0 Å².